The van der Waals surface area contributed by atoms with E-state index in [4.69, 9.17) is 16.3 Å². The Kier molecular flexibility index (Phi) is 5.41. The summed E-state index contributed by atoms with van der Waals surface area (Å²) in [7, 11) is 0. The Bertz CT molecular complexity index is 988. The number of benzene rings is 1. The monoisotopic (exact) mass is 409 g/mol. The van der Waals surface area contributed by atoms with Crippen LogP contribution < -0.4 is 10.1 Å². The van der Waals surface area contributed by atoms with Gasteiger partial charge in [0.25, 0.3) is 0 Å². The fraction of sp³-hybridized carbons (Fsp3) is 0.348. The molecule has 1 fully saturated rings. The standard InChI is InChI=1S/C23H24ClN3O2/c1-15-21(13-25-16(2)26-15)29-14-23(17-7-4-3-5-8-17)12-20(23)22(28)27-19-10-6-9-18(24)11-19/h3-7,9-11,13,17,20H,8,12,14H2,1-2H3,(H,27,28)/t17?,20-,23+/m0/s1. The lowest BCUT2D eigenvalue weighted by Crippen LogP contribution is -2.29. The molecule has 0 aliphatic heterocycles. The number of rotatable bonds is 6. The number of anilines is 1. The van der Waals surface area contributed by atoms with Crippen LogP contribution in [0.4, 0.5) is 5.69 Å². The van der Waals surface area contributed by atoms with Crippen molar-refractivity contribution in [3.63, 3.8) is 0 Å². The summed E-state index contributed by atoms with van der Waals surface area (Å²) in [5.41, 5.74) is 1.29. The Morgan fingerprint density at radius 3 is 2.93 bits per heavy atom. The molecule has 1 amide bonds. The summed E-state index contributed by atoms with van der Waals surface area (Å²) in [4.78, 5) is 21.6. The Morgan fingerprint density at radius 2 is 2.21 bits per heavy atom. The number of halogens is 1. The average Bonchev–Trinajstić information content (AvgIpc) is 3.44. The molecule has 2 aliphatic carbocycles. The molecule has 1 heterocycles. The molecule has 1 unspecified atom stereocenters. The minimum atomic E-state index is -0.235. The molecule has 1 saturated carbocycles. The van der Waals surface area contributed by atoms with Gasteiger partial charge < -0.3 is 10.1 Å². The van der Waals surface area contributed by atoms with Crippen molar-refractivity contribution < 1.29 is 9.53 Å². The molecule has 1 N–H and O–H groups in total. The summed E-state index contributed by atoms with van der Waals surface area (Å²) < 4.78 is 6.14. The first-order valence-corrected chi connectivity index (χ1v) is 10.2. The summed E-state index contributed by atoms with van der Waals surface area (Å²) in [6.45, 7) is 4.22. The van der Waals surface area contributed by atoms with Crippen LogP contribution in [0.5, 0.6) is 5.75 Å². The minimum absolute atomic E-state index is 0.00991. The van der Waals surface area contributed by atoms with Crippen LogP contribution in [-0.2, 0) is 4.79 Å². The number of hydrogen-bond acceptors (Lipinski definition) is 4. The van der Waals surface area contributed by atoms with E-state index in [2.05, 4.69) is 33.5 Å². The number of nitrogens with one attached hydrogen (secondary N) is 1. The van der Waals surface area contributed by atoms with Crippen LogP contribution in [0, 0.1) is 31.1 Å². The van der Waals surface area contributed by atoms with Gasteiger partial charge in [-0.1, -0.05) is 42.0 Å². The van der Waals surface area contributed by atoms with E-state index < -0.39 is 0 Å². The van der Waals surface area contributed by atoms with Crippen molar-refractivity contribution in [3.8, 4) is 5.75 Å². The molecule has 4 rings (SSSR count). The molecule has 0 saturated heterocycles. The van der Waals surface area contributed by atoms with Crippen LogP contribution in [0.3, 0.4) is 0 Å². The van der Waals surface area contributed by atoms with Crippen LogP contribution >= 0.6 is 11.6 Å². The van der Waals surface area contributed by atoms with Gasteiger partial charge in [0.1, 0.15) is 5.82 Å². The quantitative estimate of drug-likeness (QED) is 0.736. The Morgan fingerprint density at radius 1 is 1.34 bits per heavy atom. The SMILES string of the molecule is Cc1ncc(OC[C@@]2(C3C=CC=CC3)C[C@H]2C(=O)Nc2cccc(Cl)c2)c(C)n1. The zero-order chi connectivity index (χ0) is 20.4. The van der Waals surface area contributed by atoms with E-state index in [1.165, 1.54) is 0 Å². The number of aromatic nitrogens is 2. The lowest BCUT2D eigenvalue weighted by molar-refractivity contribution is -0.118. The number of carbonyl (C=O) groups excluding carboxylic acids is 1. The van der Waals surface area contributed by atoms with Gasteiger partial charge in [-0.3, -0.25) is 4.79 Å². The van der Waals surface area contributed by atoms with E-state index in [0.29, 0.717) is 23.1 Å². The topological polar surface area (TPSA) is 64.1 Å². The van der Waals surface area contributed by atoms with Crippen LogP contribution in [0.25, 0.3) is 0 Å². The minimum Gasteiger partial charge on any atom is -0.489 e. The molecule has 0 radical (unpaired) electrons. The molecule has 0 bridgehead atoms. The van der Waals surface area contributed by atoms with Crippen molar-refractivity contribution in [1.29, 1.82) is 0 Å². The maximum absolute atomic E-state index is 13.0. The van der Waals surface area contributed by atoms with Crippen molar-refractivity contribution in [1.82, 2.24) is 9.97 Å². The van der Waals surface area contributed by atoms with E-state index in [1.54, 1.807) is 18.3 Å². The van der Waals surface area contributed by atoms with Crippen LogP contribution in [0.2, 0.25) is 5.02 Å². The number of allylic oxidation sites excluding steroid dienone is 4. The molecular formula is C23H24ClN3O2. The Balaban J connectivity index is 1.51. The summed E-state index contributed by atoms with van der Waals surface area (Å²) in [6.07, 6.45) is 11.8. The molecule has 5 nitrogen and oxygen atoms in total. The third-order valence-electron chi connectivity index (χ3n) is 5.80. The van der Waals surface area contributed by atoms with Gasteiger partial charge in [-0.25, -0.2) is 9.97 Å². The maximum atomic E-state index is 13.0. The molecule has 2 aromatic rings. The van der Waals surface area contributed by atoms with Crippen molar-refractivity contribution >= 4 is 23.2 Å². The summed E-state index contributed by atoms with van der Waals surface area (Å²) in [5.74, 6) is 1.54. The van der Waals surface area contributed by atoms with Gasteiger partial charge in [0.15, 0.2) is 5.75 Å². The highest BCUT2D eigenvalue weighted by molar-refractivity contribution is 6.30. The zero-order valence-electron chi connectivity index (χ0n) is 16.6. The predicted molar refractivity (Wildman–Crippen MR) is 114 cm³/mol. The first kappa shape index (κ1) is 19.6. The molecule has 2 aliphatic rings. The highest BCUT2D eigenvalue weighted by Crippen LogP contribution is 2.60. The summed E-state index contributed by atoms with van der Waals surface area (Å²) in [5, 5.41) is 3.61. The van der Waals surface area contributed by atoms with E-state index in [9.17, 15) is 4.79 Å². The van der Waals surface area contributed by atoms with Gasteiger partial charge in [0.2, 0.25) is 5.91 Å². The fourth-order valence-electron chi connectivity index (χ4n) is 4.08. The van der Waals surface area contributed by atoms with Crippen LogP contribution in [0.15, 0.2) is 54.8 Å². The average molecular weight is 410 g/mol. The largest absolute Gasteiger partial charge is 0.489 e. The van der Waals surface area contributed by atoms with E-state index >= 15 is 0 Å². The maximum Gasteiger partial charge on any atom is 0.228 e. The smallest absolute Gasteiger partial charge is 0.228 e. The van der Waals surface area contributed by atoms with Gasteiger partial charge in [-0.15, -0.1) is 0 Å². The molecule has 1 aromatic heterocycles. The van der Waals surface area contributed by atoms with Crippen molar-refractivity contribution in [3.05, 3.63) is 71.3 Å². The third-order valence-corrected chi connectivity index (χ3v) is 6.03. The molecule has 150 valence electrons. The molecule has 29 heavy (non-hydrogen) atoms. The Labute approximate surface area is 175 Å². The first-order chi connectivity index (χ1) is 14.0. The van der Waals surface area contributed by atoms with Crippen molar-refractivity contribution in [2.24, 2.45) is 17.3 Å². The highest BCUT2D eigenvalue weighted by Gasteiger charge is 2.62. The number of hydrogen-bond donors (Lipinski definition) is 1. The van der Waals surface area contributed by atoms with E-state index in [0.717, 1.165) is 24.4 Å². The number of amides is 1. The number of ether oxygens (including phenoxy) is 1. The lowest BCUT2D eigenvalue weighted by Gasteiger charge is -2.26. The number of nitrogens with zero attached hydrogens (tertiary/aromatic N) is 2. The van der Waals surface area contributed by atoms with Crippen LogP contribution in [0.1, 0.15) is 24.4 Å². The zero-order valence-corrected chi connectivity index (χ0v) is 17.3. The van der Waals surface area contributed by atoms with Gasteiger partial charge >= 0.3 is 0 Å². The Hall–Kier alpha value is -2.66. The molecule has 1 aromatic carbocycles. The predicted octanol–water partition coefficient (Wildman–Crippen LogP) is 4.90. The lowest BCUT2D eigenvalue weighted by atomic mass is 9.82. The number of carbonyl (C=O) groups is 1. The summed E-state index contributed by atoms with van der Waals surface area (Å²) in [6, 6.07) is 7.23. The van der Waals surface area contributed by atoms with Gasteiger partial charge in [-0.2, -0.15) is 0 Å². The van der Waals surface area contributed by atoms with Gasteiger partial charge in [0, 0.05) is 22.0 Å². The van der Waals surface area contributed by atoms with Crippen LogP contribution in [-0.4, -0.2) is 22.5 Å². The molecule has 6 heteroatoms. The second-order valence-corrected chi connectivity index (χ2v) is 8.24. The molecule has 3 atom stereocenters. The van der Waals surface area contributed by atoms with E-state index in [-0.39, 0.29) is 23.2 Å². The van der Waals surface area contributed by atoms with Crippen molar-refractivity contribution in [2.75, 3.05) is 11.9 Å². The third kappa shape index (κ3) is 4.20. The second kappa shape index (κ2) is 7.99. The van der Waals surface area contributed by atoms with E-state index in [1.807, 2.05) is 32.1 Å². The van der Waals surface area contributed by atoms with Crippen molar-refractivity contribution in [2.45, 2.75) is 26.7 Å². The van der Waals surface area contributed by atoms with Gasteiger partial charge in [0.05, 0.1) is 18.5 Å². The fourth-order valence-corrected chi connectivity index (χ4v) is 4.27. The normalized spacial score (nSPS) is 24.9. The second-order valence-electron chi connectivity index (χ2n) is 7.80. The molecular weight excluding hydrogens is 386 g/mol. The molecule has 0 spiro atoms. The summed E-state index contributed by atoms with van der Waals surface area (Å²) >= 11 is 6.04. The number of aryl methyl sites for hydroxylation is 2. The first-order valence-electron chi connectivity index (χ1n) is 9.81. The van der Waals surface area contributed by atoms with Gasteiger partial charge in [-0.05, 0) is 50.8 Å². The highest BCUT2D eigenvalue weighted by atomic mass is 35.5.